The molecule has 2 heterocycles. The molecule has 0 saturated heterocycles. The van der Waals surface area contributed by atoms with E-state index in [0.717, 1.165) is 57.7 Å². The Kier molecular flexibility index (Phi) is 6.26. The predicted molar refractivity (Wildman–Crippen MR) is 144 cm³/mol. The zero-order chi connectivity index (χ0) is 25.2. The molecule has 0 spiro atoms. The number of anilines is 2. The summed E-state index contributed by atoms with van der Waals surface area (Å²) in [5.74, 6) is 0.296. The lowest BCUT2D eigenvalue weighted by Crippen LogP contribution is -2.19. The molecule has 0 amide bonds. The molecule has 7 heteroatoms. The number of para-hydroxylation sites is 2. The van der Waals surface area contributed by atoms with Crippen LogP contribution in [0, 0.1) is 5.82 Å². The Hall–Kier alpha value is -4.26. The second-order valence-electron chi connectivity index (χ2n) is 9.41. The predicted octanol–water partition coefficient (Wildman–Crippen LogP) is 6.65. The summed E-state index contributed by atoms with van der Waals surface area (Å²) >= 11 is 0. The van der Waals surface area contributed by atoms with Gasteiger partial charge < -0.3 is 14.6 Å². The third-order valence-corrected chi connectivity index (χ3v) is 6.90. The van der Waals surface area contributed by atoms with Gasteiger partial charge in [0.05, 0.1) is 58.5 Å². The lowest BCUT2D eigenvalue weighted by atomic mass is 9.96. The lowest BCUT2D eigenvalue weighted by molar-refractivity contribution is 0.398. The van der Waals surface area contributed by atoms with E-state index in [4.69, 9.17) is 14.7 Å². The van der Waals surface area contributed by atoms with Gasteiger partial charge in [-0.1, -0.05) is 31.4 Å². The Morgan fingerprint density at radius 1 is 0.973 bits per heavy atom. The van der Waals surface area contributed by atoms with Gasteiger partial charge in [-0.15, -0.1) is 0 Å². The highest BCUT2D eigenvalue weighted by atomic mass is 19.1. The van der Waals surface area contributed by atoms with Crippen molar-refractivity contribution in [1.82, 2.24) is 14.5 Å². The van der Waals surface area contributed by atoms with Crippen LogP contribution in [-0.2, 0) is 0 Å². The second-order valence-corrected chi connectivity index (χ2v) is 9.41. The molecule has 37 heavy (non-hydrogen) atoms. The van der Waals surface area contributed by atoms with Gasteiger partial charge in [-0.2, -0.15) is 0 Å². The van der Waals surface area contributed by atoms with Crippen molar-refractivity contribution < 1.29 is 9.13 Å². The number of hydrogen-bond donors (Lipinski definition) is 1. The molecule has 0 radical (unpaired) electrons. The molecule has 2 aromatic carbocycles. The molecule has 1 fully saturated rings. The minimum atomic E-state index is -0.264. The van der Waals surface area contributed by atoms with Gasteiger partial charge in [-0.25, -0.2) is 14.4 Å². The molecule has 0 bridgehead atoms. The van der Waals surface area contributed by atoms with Crippen LogP contribution in [-0.4, -0.2) is 27.7 Å². The van der Waals surface area contributed by atoms with Crippen molar-refractivity contribution in [1.29, 1.82) is 0 Å². The standard InChI is InChI=1S/C30H28FN5O/c1-37-30-16-13-22(19-32-30)34-25-17-27-29(18-26(25)33-21-7-3-2-4-8-21)36(23-14-11-20(31)12-15-23)28-10-6-5-9-24(28)35-27/h5-6,9-19,21,34H,2-4,7-8H2,1H3. The van der Waals surface area contributed by atoms with E-state index >= 15 is 0 Å². The second kappa shape index (κ2) is 10.0. The first-order valence-electron chi connectivity index (χ1n) is 12.7. The van der Waals surface area contributed by atoms with E-state index < -0.39 is 0 Å². The van der Waals surface area contributed by atoms with Crippen molar-refractivity contribution in [2.24, 2.45) is 4.99 Å². The van der Waals surface area contributed by atoms with E-state index in [9.17, 15) is 4.39 Å². The van der Waals surface area contributed by atoms with E-state index in [2.05, 4.69) is 20.9 Å². The number of benzene rings is 3. The van der Waals surface area contributed by atoms with Crippen LogP contribution < -0.4 is 15.4 Å². The van der Waals surface area contributed by atoms with Gasteiger partial charge in [-0.3, -0.25) is 4.99 Å². The van der Waals surface area contributed by atoms with Gasteiger partial charge >= 0.3 is 0 Å². The van der Waals surface area contributed by atoms with Crippen LogP contribution in [0.3, 0.4) is 0 Å². The fraction of sp³-hybridized carbons (Fsp3) is 0.233. The number of nitrogens with one attached hydrogen (secondary N) is 1. The van der Waals surface area contributed by atoms with Gasteiger partial charge in [0.15, 0.2) is 0 Å². The fourth-order valence-corrected chi connectivity index (χ4v) is 5.05. The highest BCUT2D eigenvalue weighted by molar-refractivity contribution is 5.84. The summed E-state index contributed by atoms with van der Waals surface area (Å²) in [6, 6.07) is 22.8. The average Bonchev–Trinajstić information content (AvgIpc) is 2.94. The van der Waals surface area contributed by atoms with Crippen molar-refractivity contribution >= 4 is 22.4 Å². The number of methoxy groups -OCH3 is 1. The molecular formula is C30H28FN5O. The van der Waals surface area contributed by atoms with E-state index in [-0.39, 0.29) is 11.9 Å². The topological polar surface area (TPSA) is 64.3 Å². The number of nitrogens with zero attached hydrogens (tertiary/aromatic N) is 4. The maximum absolute atomic E-state index is 13.8. The first-order chi connectivity index (χ1) is 18.2. The third-order valence-electron chi connectivity index (χ3n) is 6.90. The Bertz CT molecular complexity index is 1570. The van der Waals surface area contributed by atoms with Gasteiger partial charge in [0, 0.05) is 11.8 Å². The molecule has 3 aromatic rings. The maximum atomic E-state index is 13.8. The number of fused-ring (bicyclic) bond motifs is 2. The number of hydrogen-bond acceptors (Lipinski definition) is 5. The number of pyridine rings is 1. The normalized spacial score (nSPS) is 14.8. The van der Waals surface area contributed by atoms with Crippen molar-refractivity contribution in [2.45, 2.75) is 38.1 Å². The fourth-order valence-electron chi connectivity index (χ4n) is 5.05. The highest BCUT2D eigenvalue weighted by Crippen LogP contribution is 2.31. The molecule has 1 N–H and O–H groups in total. The van der Waals surface area contributed by atoms with Crippen LogP contribution >= 0.6 is 0 Å². The van der Waals surface area contributed by atoms with E-state index in [1.807, 2.05) is 42.5 Å². The van der Waals surface area contributed by atoms with Crippen molar-refractivity contribution in [2.75, 3.05) is 12.4 Å². The zero-order valence-electron chi connectivity index (χ0n) is 20.7. The van der Waals surface area contributed by atoms with Crippen LogP contribution in [0.2, 0.25) is 0 Å². The Morgan fingerprint density at radius 2 is 1.78 bits per heavy atom. The first-order valence-corrected chi connectivity index (χ1v) is 12.7. The lowest BCUT2D eigenvalue weighted by Gasteiger charge is -2.21. The summed E-state index contributed by atoms with van der Waals surface area (Å²) < 4.78 is 21.2. The Morgan fingerprint density at radius 3 is 2.54 bits per heavy atom. The molecule has 0 atom stereocenters. The quantitative estimate of drug-likeness (QED) is 0.279. The van der Waals surface area contributed by atoms with E-state index in [0.29, 0.717) is 5.88 Å². The third kappa shape index (κ3) is 4.77. The molecule has 3 aliphatic rings. The summed E-state index contributed by atoms with van der Waals surface area (Å²) in [5.41, 5.74) is 6.12. The van der Waals surface area contributed by atoms with Gasteiger partial charge in [0.2, 0.25) is 5.88 Å². The maximum Gasteiger partial charge on any atom is 0.213 e. The molecule has 1 aromatic heterocycles. The molecule has 6 rings (SSSR count). The number of rotatable bonds is 5. The largest absolute Gasteiger partial charge is 0.481 e. The molecule has 1 saturated carbocycles. The van der Waals surface area contributed by atoms with E-state index in [1.54, 1.807) is 25.4 Å². The van der Waals surface area contributed by atoms with Crippen LogP contribution in [0.4, 0.5) is 15.8 Å². The van der Waals surface area contributed by atoms with E-state index in [1.165, 1.54) is 31.4 Å². The molecule has 0 unspecified atom stereocenters. The van der Waals surface area contributed by atoms with Gasteiger partial charge in [0.1, 0.15) is 5.82 Å². The minimum absolute atomic E-state index is 0.264. The Labute approximate surface area is 214 Å². The summed E-state index contributed by atoms with van der Waals surface area (Å²) in [6.07, 6.45) is 7.61. The molecule has 6 nitrogen and oxygen atoms in total. The van der Waals surface area contributed by atoms with Crippen LogP contribution in [0.15, 0.2) is 84.0 Å². The average molecular weight is 494 g/mol. The zero-order valence-corrected chi connectivity index (χ0v) is 20.7. The first kappa shape index (κ1) is 23.2. The summed E-state index contributed by atoms with van der Waals surface area (Å²) in [6.45, 7) is 0. The summed E-state index contributed by atoms with van der Waals surface area (Å²) in [7, 11) is 1.60. The minimum Gasteiger partial charge on any atom is -0.481 e. The van der Waals surface area contributed by atoms with Gasteiger partial charge in [0.25, 0.3) is 0 Å². The summed E-state index contributed by atoms with van der Waals surface area (Å²) in [4.78, 5) is 14.5. The monoisotopic (exact) mass is 493 g/mol. The van der Waals surface area contributed by atoms with Crippen molar-refractivity contribution in [3.8, 4) is 23.0 Å². The van der Waals surface area contributed by atoms with Gasteiger partial charge in [-0.05, 0) is 67.4 Å². The number of aromatic nitrogens is 3. The molecule has 1 aliphatic heterocycles. The van der Waals surface area contributed by atoms with Crippen LogP contribution in [0.1, 0.15) is 32.1 Å². The van der Waals surface area contributed by atoms with Crippen LogP contribution in [0.5, 0.6) is 5.88 Å². The highest BCUT2D eigenvalue weighted by Gasteiger charge is 2.18. The Balaban J connectivity index is 1.58. The molecular weight excluding hydrogens is 465 g/mol. The smallest absolute Gasteiger partial charge is 0.213 e. The van der Waals surface area contributed by atoms with Crippen molar-refractivity contribution in [3.05, 3.63) is 90.2 Å². The van der Waals surface area contributed by atoms with Crippen molar-refractivity contribution in [3.63, 3.8) is 0 Å². The SMILES string of the molecule is COc1ccc(Nc2cc3nc4ccccc4n(-c4ccc(F)cc4)c-3cc2=NC2CCCCC2)cn1. The summed E-state index contributed by atoms with van der Waals surface area (Å²) in [5, 5.41) is 4.39. The number of halogens is 1. The molecule has 186 valence electrons. The number of ether oxygens (including phenoxy) is 1. The molecule has 2 aliphatic carbocycles. The van der Waals surface area contributed by atoms with Crippen LogP contribution in [0.25, 0.3) is 28.1 Å².